The zero-order valence-electron chi connectivity index (χ0n) is 12.7. The van der Waals surface area contributed by atoms with Gasteiger partial charge in [0.2, 0.25) is 0 Å². The smallest absolute Gasteiger partial charge is 0.192 e. The van der Waals surface area contributed by atoms with Crippen LogP contribution < -0.4 is 0 Å². The summed E-state index contributed by atoms with van der Waals surface area (Å²) >= 11 is 1.73. The Bertz CT molecular complexity index is 723. The van der Waals surface area contributed by atoms with Gasteiger partial charge in [-0.25, -0.2) is 0 Å². The summed E-state index contributed by atoms with van der Waals surface area (Å²) in [5, 5.41) is 10.2. The molecule has 0 fully saturated rings. The average Bonchev–Trinajstić information content (AvgIpc) is 2.91. The molecule has 0 amide bonds. The molecule has 3 aromatic rings. The van der Waals surface area contributed by atoms with E-state index in [1.54, 1.807) is 18.0 Å². The number of aromatic nitrogens is 4. The summed E-state index contributed by atoms with van der Waals surface area (Å²) in [5.41, 5.74) is 2.22. The molecular formula is C17H18N4S. The molecule has 0 aliphatic rings. The van der Waals surface area contributed by atoms with E-state index in [1.807, 2.05) is 24.4 Å². The summed E-state index contributed by atoms with van der Waals surface area (Å²) in [5.74, 6) is 0.861. The van der Waals surface area contributed by atoms with Gasteiger partial charge in [-0.2, -0.15) is 0 Å². The van der Waals surface area contributed by atoms with E-state index < -0.39 is 0 Å². The van der Waals surface area contributed by atoms with E-state index in [0.717, 1.165) is 23.1 Å². The van der Waals surface area contributed by atoms with E-state index in [-0.39, 0.29) is 0 Å². The molecule has 0 bridgehead atoms. The quantitative estimate of drug-likeness (QED) is 0.671. The van der Waals surface area contributed by atoms with Gasteiger partial charge in [0.1, 0.15) is 0 Å². The lowest BCUT2D eigenvalue weighted by molar-refractivity contribution is 0.713. The number of rotatable bonds is 5. The number of nitrogens with zero attached hydrogens (tertiary/aromatic N) is 4. The number of benzene rings is 1. The second kappa shape index (κ2) is 6.75. The van der Waals surface area contributed by atoms with Gasteiger partial charge in [-0.3, -0.25) is 9.55 Å². The average molecular weight is 310 g/mol. The first kappa shape index (κ1) is 14.8. The van der Waals surface area contributed by atoms with Crippen LogP contribution in [-0.4, -0.2) is 25.0 Å². The van der Waals surface area contributed by atoms with Crippen LogP contribution in [0.2, 0.25) is 0 Å². The summed E-state index contributed by atoms with van der Waals surface area (Å²) in [6, 6.07) is 14.3. The summed E-state index contributed by atoms with van der Waals surface area (Å²) in [4.78, 5) is 4.19. The van der Waals surface area contributed by atoms with Crippen LogP contribution >= 0.6 is 11.8 Å². The molecule has 4 nitrogen and oxygen atoms in total. The third kappa shape index (κ3) is 3.36. The van der Waals surface area contributed by atoms with Crippen LogP contribution in [0.3, 0.4) is 0 Å². The minimum Gasteiger partial charge on any atom is -0.297 e. The maximum Gasteiger partial charge on any atom is 0.192 e. The first-order valence-corrected chi connectivity index (χ1v) is 8.16. The van der Waals surface area contributed by atoms with Crippen molar-refractivity contribution in [2.45, 2.75) is 30.8 Å². The van der Waals surface area contributed by atoms with Crippen molar-refractivity contribution in [1.82, 2.24) is 19.7 Å². The number of pyridine rings is 1. The lowest BCUT2D eigenvalue weighted by atomic mass is 10.2. The van der Waals surface area contributed by atoms with Crippen molar-refractivity contribution in [2.24, 2.45) is 0 Å². The Hall–Kier alpha value is -2.14. The molecule has 0 N–H and O–H groups in total. The highest BCUT2D eigenvalue weighted by Crippen LogP contribution is 2.27. The van der Waals surface area contributed by atoms with Crippen LogP contribution in [0.25, 0.3) is 11.4 Å². The zero-order valence-corrected chi connectivity index (χ0v) is 13.5. The topological polar surface area (TPSA) is 43.6 Å². The third-order valence-electron chi connectivity index (χ3n) is 3.16. The fraction of sp³-hybridized carbons (Fsp3) is 0.235. The molecule has 2 heterocycles. The predicted octanol–water partition coefficient (Wildman–Crippen LogP) is 3.89. The summed E-state index contributed by atoms with van der Waals surface area (Å²) in [6.07, 6.45) is 3.60. The highest BCUT2D eigenvalue weighted by Gasteiger charge is 2.15. The second-order valence-corrected chi connectivity index (χ2v) is 6.83. The van der Waals surface area contributed by atoms with Crippen molar-refractivity contribution < 1.29 is 0 Å². The molecule has 112 valence electrons. The summed E-state index contributed by atoms with van der Waals surface area (Å²) in [6.45, 7) is 5.08. The standard InChI is InChI=1S/C17H18N4S/c1-13(2)22-17-20-19-16(15-9-6-10-18-11-15)21(17)12-14-7-4-3-5-8-14/h3-11,13H,12H2,1-2H3. The fourth-order valence-electron chi connectivity index (χ4n) is 2.20. The number of thioether (sulfide) groups is 1. The lowest BCUT2D eigenvalue weighted by Gasteiger charge is -2.11. The second-order valence-electron chi connectivity index (χ2n) is 5.29. The van der Waals surface area contributed by atoms with Crippen LogP contribution in [0.5, 0.6) is 0 Å². The van der Waals surface area contributed by atoms with Gasteiger partial charge in [-0.15, -0.1) is 10.2 Å². The Morgan fingerprint density at radius 3 is 2.55 bits per heavy atom. The van der Waals surface area contributed by atoms with Gasteiger partial charge >= 0.3 is 0 Å². The maximum absolute atomic E-state index is 4.39. The zero-order chi connectivity index (χ0) is 15.4. The Morgan fingerprint density at radius 1 is 1.05 bits per heavy atom. The van der Waals surface area contributed by atoms with E-state index in [9.17, 15) is 0 Å². The van der Waals surface area contributed by atoms with Crippen LogP contribution in [0.1, 0.15) is 19.4 Å². The highest BCUT2D eigenvalue weighted by atomic mass is 32.2. The summed E-state index contributed by atoms with van der Waals surface area (Å²) < 4.78 is 2.16. The number of hydrogen-bond acceptors (Lipinski definition) is 4. The van der Waals surface area contributed by atoms with Gasteiger partial charge in [0.15, 0.2) is 11.0 Å². The van der Waals surface area contributed by atoms with Crippen LogP contribution in [0, 0.1) is 0 Å². The monoisotopic (exact) mass is 310 g/mol. The molecule has 0 saturated heterocycles. The van der Waals surface area contributed by atoms with E-state index in [0.29, 0.717) is 5.25 Å². The SMILES string of the molecule is CC(C)Sc1nnc(-c2cccnc2)n1Cc1ccccc1. The summed E-state index contributed by atoms with van der Waals surface area (Å²) in [7, 11) is 0. The molecule has 5 heteroatoms. The van der Waals surface area contributed by atoms with Gasteiger partial charge in [0, 0.05) is 23.2 Å². The van der Waals surface area contributed by atoms with E-state index in [2.05, 4.69) is 57.9 Å². The molecule has 0 unspecified atom stereocenters. The molecule has 0 radical (unpaired) electrons. The molecule has 22 heavy (non-hydrogen) atoms. The molecular weight excluding hydrogens is 292 g/mol. The molecule has 0 aliphatic heterocycles. The van der Waals surface area contributed by atoms with Gasteiger partial charge in [0.25, 0.3) is 0 Å². The largest absolute Gasteiger partial charge is 0.297 e. The third-order valence-corrected chi connectivity index (χ3v) is 4.15. The highest BCUT2D eigenvalue weighted by molar-refractivity contribution is 7.99. The van der Waals surface area contributed by atoms with Gasteiger partial charge < -0.3 is 0 Å². The molecule has 0 spiro atoms. The Balaban J connectivity index is 2.01. The Morgan fingerprint density at radius 2 is 1.86 bits per heavy atom. The van der Waals surface area contributed by atoms with Crippen molar-refractivity contribution >= 4 is 11.8 Å². The van der Waals surface area contributed by atoms with Crippen LogP contribution in [-0.2, 0) is 6.54 Å². The molecule has 0 saturated carbocycles. The normalized spacial score (nSPS) is 11.0. The van der Waals surface area contributed by atoms with Crippen molar-refractivity contribution in [3.8, 4) is 11.4 Å². The molecule has 1 aromatic carbocycles. The molecule has 2 aromatic heterocycles. The van der Waals surface area contributed by atoms with Crippen molar-refractivity contribution in [1.29, 1.82) is 0 Å². The molecule has 0 atom stereocenters. The van der Waals surface area contributed by atoms with Gasteiger partial charge in [-0.05, 0) is 17.7 Å². The van der Waals surface area contributed by atoms with Crippen LogP contribution in [0.4, 0.5) is 0 Å². The predicted molar refractivity (Wildman–Crippen MR) is 89.8 cm³/mol. The van der Waals surface area contributed by atoms with Crippen molar-refractivity contribution in [3.63, 3.8) is 0 Å². The fourth-order valence-corrected chi connectivity index (χ4v) is 2.99. The van der Waals surface area contributed by atoms with E-state index in [4.69, 9.17) is 0 Å². The first-order chi connectivity index (χ1) is 10.7. The van der Waals surface area contributed by atoms with E-state index >= 15 is 0 Å². The van der Waals surface area contributed by atoms with Crippen molar-refractivity contribution in [3.05, 3.63) is 60.4 Å². The minimum absolute atomic E-state index is 0.459. The molecule has 3 rings (SSSR count). The Labute approximate surface area is 134 Å². The van der Waals surface area contributed by atoms with Crippen molar-refractivity contribution in [2.75, 3.05) is 0 Å². The maximum atomic E-state index is 4.39. The lowest BCUT2D eigenvalue weighted by Crippen LogP contribution is -2.05. The van der Waals surface area contributed by atoms with Gasteiger partial charge in [-0.1, -0.05) is 55.9 Å². The first-order valence-electron chi connectivity index (χ1n) is 7.28. The van der Waals surface area contributed by atoms with E-state index in [1.165, 1.54) is 5.56 Å². The minimum atomic E-state index is 0.459. The Kier molecular flexibility index (Phi) is 4.53. The van der Waals surface area contributed by atoms with Gasteiger partial charge in [0.05, 0.1) is 6.54 Å². The van der Waals surface area contributed by atoms with Crippen LogP contribution in [0.15, 0.2) is 60.0 Å². The number of hydrogen-bond donors (Lipinski definition) is 0. The molecule has 0 aliphatic carbocycles.